The molecule has 0 radical (unpaired) electrons. The predicted molar refractivity (Wildman–Crippen MR) is 102 cm³/mol. The molecule has 0 saturated carbocycles. The van der Waals surface area contributed by atoms with Gasteiger partial charge >= 0.3 is 0 Å². The molecule has 0 N–H and O–H groups in total. The minimum absolute atomic E-state index is 0.887. The Morgan fingerprint density at radius 3 is 1.45 bits per heavy atom. The number of hydrogen-bond acceptors (Lipinski definition) is 0. The quantitative estimate of drug-likeness (QED) is 0.217. The second kappa shape index (κ2) is 14.5. The van der Waals surface area contributed by atoms with Crippen LogP contribution >= 0.6 is 0 Å². The summed E-state index contributed by atoms with van der Waals surface area (Å²) in [5.41, 5.74) is 0. The Kier molecular flexibility index (Phi) is 14.5. The molecule has 0 spiro atoms. The van der Waals surface area contributed by atoms with Crippen LogP contribution in [0.25, 0.3) is 0 Å². The zero-order chi connectivity index (χ0) is 16.7. The normalized spacial score (nSPS) is 12.3. The first kappa shape index (κ1) is 22.0. The average molecular weight is 313 g/mol. The van der Waals surface area contributed by atoms with Gasteiger partial charge in [0.15, 0.2) is 0 Å². The second-order valence-electron chi connectivity index (χ2n) is 8.45. The van der Waals surface area contributed by atoms with Crippen LogP contribution in [0.3, 0.4) is 0 Å². The van der Waals surface area contributed by atoms with Crippen LogP contribution < -0.4 is 0 Å². The molecule has 0 aromatic heterocycles. The molecule has 0 aromatic carbocycles. The van der Waals surface area contributed by atoms with Crippen LogP contribution in [0.1, 0.15) is 104 Å². The molecule has 134 valence electrons. The lowest BCUT2D eigenvalue weighted by Gasteiger charge is -2.30. The van der Waals surface area contributed by atoms with Gasteiger partial charge in [-0.05, 0) is 31.6 Å². The van der Waals surface area contributed by atoms with Crippen molar-refractivity contribution in [2.24, 2.45) is 5.92 Å². The summed E-state index contributed by atoms with van der Waals surface area (Å²) in [5.74, 6) is 0.887. The fourth-order valence-corrected chi connectivity index (χ4v) is 3.23. The first-order chi connectivity index (χ1) is 10.5. The number of hydrogen-bond donors (Lipinski definition) is 0. The van der Waals surface area contributed by atoms with Crippen molar-refractivity contribution < 1.29 is 4.48 Å². The highest BCUT2D eigenvalue weighted by molar-refractivity contribution is 4.49. The Balaban J connectivity index is 3.37. The van der Waals surface area contributed by atoms with E-state index in [-0.39, 0.29) is 0 Å². The molecule has 22 heavy (non-hydrogen) atoms. The summed E-state index contributed by atoms with van der Waals surface area (Å²) in [6.07, 6.45) is 18.6. The topological polar surface area (TPSA) is 0 Å². The van der Waals surface area contributed by atoms with Gasteiger partial charge in [-0.3, -0.25) is 0 Å². The molecule has 0 unspecified atom stereocenters. The van der Waals surface area contributed by atoms with Crippen LogP contribution in [0.15, 0.2) is 0 Å². The number of quaternary nitrogens is 1. The Morgan fingerprint density at radius 1 is 0.591 bits per heavy atom. The van der Waals surface area contributed by atoms with Crippen molar-refractivity contribution in [2.75, 3.05) is 27.2 Å². The zero-order valence-electron chi connectivity index (χ0n) is 16.6. The average Bonchev–Trinajstić information content (AvgIpc) is 2.45. The van der Waals surface area contributed by atoms with Crippen molar-refractivity contribution >= 4 is 0 Å². The van der Waals surface area contributed by atoms with E-state index < -0.39 is 0 Å². The number of unbranched alkanes of at least 4 members (excludes halogenated alkanes) is 10. The monoisotopic (exact) mass is 312 g/mol. The fraction of sp³-hybridized carbons (Fsp3) is 1.00. The summed E-state index contributed by atoms with van der Waals surface area (Å²) in [5, 5.41) is 0. The van der Waals surface area contributed by atoms with Crippen LogP contribution in [0.5, 0.6) is 0 Å². The molecule has 0 saturated heterocycles. The van der Waals surface area contributed by atoms with E-state index >= 15 is 0 Å². The summed E-state index contributed by atoms with van der Waals surface area (Å²) in [4.78, 5) is 0. The molecule has 0 aliphatic carbocycles. The van der Waals surface area contributed by atoms with Crippen LogP contribution in [0.4, 0.5) is 0 Å². The van der Waals surface area contributed by atoms with E-state index in [0.717, 1.165) is 5.92 Å². The lowest BCUT2D eigenvalue weighted by molar-refractivity contribution is -0.890. The van der Waals surface area contributed by atoms with E-state index in [9.17, 15) is 0 Å². The largest absolute Gasteiger partial charge is 0.328 e. The lowest BCUT2D eigenvalue weighted by Crippen LogP contribution is -2.41. The van der Waals surface area contributed by atoms with Gasteiger partial charge in [-0.1, -0.05) is 78.6 Å². The highest BCUT2D eigenvalue weighted by Crippen LogP contribution is 2.13. The summed E-state index contributed by atoms with van der Waals surface area (Å²) in [6, 6.07) is 0. The third-order valence-corrected chi connectivity index (χ3v) is 4.91. The molecule has 0 rings (SSSR count). The van der Waals surface area contributed by atoms with Gasteiger partial charge in [0.1, 0.15) is 0 Å². The molecule has 0 aliphatic heterocycles. The van der Waals surface area contributed by atoms with E-state index in [1.165, 1.54) is 101 Å². The van der Waals surface area contributed by atoms with Crippen LogP contribution in [0, 0.1) is 5.92 Å². The summed E-state index contributed by atoms with van der Waals surface area (Å²) in [6.45, 7) is 9.72. The third-order valence-electron chi connectivity index (χ3n) is 4.91. The first-order valence-corrected chi connectivity index (χ1v) is 10.3. The molecule has 0 fully saturated rings. The SMILES string of the molecule is CCCCCCCCC[N+](C)(C)CCCCCCCC(C)C. The minimum Gasteiger partial charge on any atom is -0.328 e. The highest BCUT2D eigenvalue weighted by Gasteiger charge is 2.13. The molecule has 0 aromatic rings. The number of rotatable bonds is 16. The van der Waals surface area contributed by atoms with Crippen molar-refractivity contribution in [1.82, 2.24) is 0 Å². The van der Waals surface area contributed by atoms with Crippen molar-refractivity contribution in [1.29, 1.82) is 0 Å². The summed E-state index contributed by atoms with van der Waals surface area (Å²) >= 11 is 0. The maximum absolute atomic E-state index is 2.43. The van der Waals surface area contributed by atoms with E-state index in [2.05, 4.69) is 34.9 Å². The van der Waals surface area contributed by atoms with E-state index in [4.69, 9.17) is 0 Å². The van der Waals surface area contributed by atoms with Crippen LogP contribution in [-0.4, -0.2) is 31.7 Å². The number of nitrogens with zero attached hydrogens (tertiary/aromatic N) is 1. The molecular weight excluding hydrogens is 266 g/mol. The minimum atomic E-state index is 0.887. The first-order valence-electron chi connectivity index (χ1n) is 10.3. The van der Waals surface area contributed by atoms with Gasteiger partial charge in [-0.15, -0.1) is 0 Å². The van der Waals surface area contributed by atoms with Crippen LogP contribution in [-0.2, 0) is 0 Å². The molecular formula is C21H46N+. The maximum atomic E-state index is 2.43. The molecule has 0 atom stereocenters. The zero-order valence-corrected chi connectivity index (χ0v) is 16.6. The van der Waals surface area contributed by atoms with Crippen molar-refractivity contribution in [3.63, 3.8) is 0 Å². The molecule has 0 heterocycles. The van der Waals surface area contributed by atoms with Gasteiger partial charge in [-0.2, -0.15) is 0 Å². The lowest BCUT2D eigenvalue weighted by atomic mass is 10.0. The van der Waals surface area contributed by atoms with Gasteiger partial charge in [-0.25, -0.2) is 0 Å². The molecule has 1 heteroatoms. The smallest absolute Gasteiger partial charge is 0.0782 e. The van der Waals surface area contributed by atoms with Crippen molar-refractivity contribution in [3.05, 3.63) is 0 Å². The molecule has 0 amide bonds. The summed E-state index contributed by atoms with van der Waals surface area (Å²) < 4.78 is 1.24. The van der Waals surface area contributed by atoms with Crippen molar-refractivity contribution in [3.8, 4) is 0 Å². The Labute approximate surface area is 142 Å². The second-order valence-corrected chi connectivity index (χ2v) is 8.45. The van der Waals surface area contributed by atoms with E-state index in [0.29, 0.717) is 0 Å². The van der Waals surface area contributed by atoms with E-state index in [1.54, 1.807) is 0 Å². The molecule has 1 nitrogen and oxygen atoms in total. The van der Waals surface area contributed by atoms with Gasteiger partial charge < -0.3 is 4.48 Å². The third kappa shape index (κ3) is 16.3. The van der Waals surface area contributed by atoms with Crippen LogP contribution in [0.2, 0.25) is 0 Å². The Hall–Kier alpha value is -0.0400. The fourth-order valence-electron chi connectivity index (χ4n) is 3.23. The standard InChI is InChI=1S/C21H46N/c1-6-7-8-9-10-13-16-19-22(4,5)20-17-14-11-12-15-18-21(2)3/h21H,6-20H2,1-5H3/q+1. The summed E-state index contributed by atoms with van der Waals surface area (Å²) in [7, 11) is 4.85. The Morgan fingerprint density at radius 2 is 1.00 bits per heavy atom. The highest BCUT2D eigenvalue weighted by atomic mass is 15.3. The maximum Gasteiger partial charge on any atom is 0.0782 e. The molecule has 0 aliphatic rings. The van der Waals surface area contributed by atoms with Gasteiger partial charge in [0.25, 0.3) is 0 Å². The van der Waals surface area contributed by atoms with Gasteiger partial charge in [0.05, 0.1) is 27.2 Å². The predicted octanol–water partition coefficient (Wildman–Crippen LogP) is 6.81. The van der Waals surface area contributed by atoms with E-state index in [1.807, 2.05) is 0 Å². The van der Waals surface area contributed by atoms with Gasteiger partial charge in [0.2, 0.25) is 0 Å². The Bertz CT molecular complexity index is 220. The van der Waals surface area contributed by atoms with Crippen molar-refractivity contribution in [2.45, 2.75) is 104 Å². The molecule has 0 bridgehead atoms. The van der Waals surface area contributed by atoms with Gasteiger partial charge in [0, 0.05) is 0 Å².